The average Bonchev–Trinajstić information content (AvgIpc) is 3.13. The first kappa shape index (κ1) is 22.3. The van der Waals surface area contributed by atoms with E-state index in [0.717, 1.165) is 40.8 Å². The maximum atomic E-state index is 13.3. The van der Waals surface area contributed by atoms with Gasteiger partial charge in [0.2, 0.25) is 11.5 Å². The number of halogens is 3. The zero-order valence-corrected chi connectivity index (χ0v) is 16.1. The van der Waals surface area contributed by atoms with Crippen LogP contribution in [0.15, 0.2) is 34.9 Å². The average molecular weight is 413 g/mol. The topological polar surface area (TPSA) is 104 Å². The van der Waals surface area contributed by atoms with Crippen LogP contribution in [-0.2, 0) is 15.2 Å². The normalized spacial score (nSPS) is 13.5. The molecule has 0 aliphatic rings. The Hall–Kier alpha value is -3.01. The summed E-state index contributed by atoms with van der Waals surface area (Å²) >= 11 is 0. The van der Waals surface area contributed by atoms with Crippen molar-refractivity contribution in [3.63, 3.8) is 0 Å². The predicted molar refractivity (Wildman–Crippen MR) is 98.7 cm³/mol. The first-order valence-electron chi connectivity index (χ1n) is 8.66. The summed E-state index contributed by atoms with van der Waals surface area (Å²) in [5.41, 5.74) is 4.03. The van der Waals surface area contributed by atoms with Crippen molar-refractivity contribution in [3.05, 3.63) is 53.0 Å². The van der Waals surface area contributed by atoms with Gasteiger partial charge in [-0.2, -0.15) is 13.2 Å². The molecule has 2 aromatic rings. The standard InChI is InChI=1S/C19H22F3N3O4/c1-11-7-12(2)17(13(3)8-11)23-10-16(27)25-24-15(26)9-18(28,19(20,21)22)14-5-4-6-29-14/h4-8,23,28H,9-10H2,1-3H3,(H,24,26)(H,25,27)/t18-/m0/s1. The number of aliphatic hydroxyl groups is 1. The highest BCUT2D eigenvalue weighted by molar-refractivity contribution is 5.85. The Morgan fingerprint density at radius 3 is 2.17 bits per heavy atom. The largest absolute Gasteiger partial charge is 0.466 e. The number of amides is 2. The van der Waals surface area contributed by atoms with Crippen LogP contribution in [0.3, 0.4) is 0 Å². The first-order valence-corrected chi connectivity index (χ1v) is 8.66. The summed E-state index contributed by atoms with van der Waals surface area (Å²) in [6, 6.07) is 5.94. The van der Waals surface area contributed by atoms with E-state index in [-0.39, 0.29) is 6.54 Å². The van der Waals surface area contributed by atoms with Crippen LogP contribution in [0.2, 0.25) is 0 Å². The van der Waals surface area contributed by atoms with Crippen molar-refractivity contribution < 1.29 is 32.3 Å². The summed E-state index contributed by atoms with van der Waals surface area (Å²) in [7, 11) is 0. The second-order valence-electron chi connectivity index (χ2n) is 6.74. The fraction of sp³-hybridized carbons (Fsp3) is 0.368. The summed E-state index contributed by atoms with van der Waals surface area (Å²) < 4.78 is 44.4. The van der Waals surface area contributed by atoms with Gasteiger partial charge in [-0.25, -0.2) is 0 Å². The fourth-order valence-corrected chi connectivity index (χ4v) is 2.93. The monoisotopic (exact) mass is 413 g/mol. The zero-order valence-electron chi connectivity index (χ0n) is 16.1. The molecule has 29 heavy (non-hydrogen) atoms. The molecule has 0 unspecified atom stereocenters. The number of furan rings is 1. The van der Waals surface area contributed by atoms with Gasteiger partial charge in [0.1, 0.15) is 5.76 Å². The van der Waals surface area contributed by atoms with Crippen LogP contribution in [0.1, 0.15) is 28.9 Å². The minimum Gasteiger partial charge on any atom is -0.466 e. The van der Waals surface area contributed by atoms with Crippen molar-refractivity contribution in [2.45, 2.75) is 39.0 Å². The number of anilines is 1. The van der Waals surface area contributed by atoms with Crippen LogP contribution in [0, 0.1) is 20.8 Å². The third-order valence-corrected chi connectivity index (χ3v) is 4.26. The SMILES string of the molecule is Cc1cc(C)c(NCC(=O)NNC(=O)C[C@](O)(c2ccco2)C(F)(F)F)c(C)c1. The number of hydrazine groups is 1. The van der Waals surface area contributed by atoms with Gasteiger partial charge in [0.25, 0.3) is 5.91 Å². The van der Waals surface area contributed by atoms with E-state index < -0.39 is 35.8 Å². The van der Waals surface area contributed by atoms with E-state index in [9.17, 15) is 27.9 Å². The molecule has 0 aliphatic carbocycles. The van der Waals surface area contributed by atoms with E-state index in [1.165, 1.54) is 0 Å². The third-order valence-electron chi connectivity index (χ3n) is 4.26. The molecular formula is C19H22F3N3O4. The maximum Gasteiger partial charge on any atom is 0.425 e. The highest BCUT2D eigenvalue weighted by atomic mass is 19.4. The number of benzene rings is 1. The van der Waals surface area contributed by atoms with Gasteiger partial charge in [0.15, 0.2) is 0 Å². The highest BCUT2D eigenvalue weighted by Crippen LogP contribution is 2.41. The second kappa shape index (κ2) is 8.56. The molecule has 1 aromatic carbocycles. The summed E-state index contributed by atoms with van der Waals surface area (Å²) in [5, 5.41) is 12.9. The van der Waals surface area contributed by atoms with Crippen LogP contribution in [0.4, 0.5) is 18.9 Å². The fourth-order valence-electron chi connectivity index (χ4n) is 2.93. The van der Waals surface area contributed by atoms with Gasteiger partial charge in [-0.15, -0.1) is 0 Å². The number of hydrogen-bond donors (Lipinski definition) is 4. The molecule has 0 radical (unpaired) electrons. The molecule has 2 amide bonds. The number of rotatable bonds is 6. The Morgan fingerprint density at radius 1 is 1.07 bits per heavy atom. The van der Waals surface area contributed by atoms with Crippen LogP contribution >= 0.6 is 0 Å². The van der Waals surface area contributed by atoms with Crippen molar-refractivity contribution in [2.75, 3.05) is 11.9 Å². The molecule has 4 N–H and O–H groups in total. The number of aryl methyl sites for hydroxylation is 3. The molecule has 1 heterocycles. The Bertz CT molecular complexity index is 858. The maximum absolute atomic E-state index is 13.3. The molecule has 1 atom stereocenters. The van der Waals surface area contributed by atoms with Crippen molar-refractivity contribution in [2.24, 2.45) is 0 Å². The van der Waals surface area contributed by atoms with Crippen LogP contribution in [0.25, 0.3) is 0 Å². The molecule has 7 nitrogen and oxygen atoms in total. The number of nitrogens with one attached hydrogen (secondary N) is 3. The van der Waals surface area contributed by atoms with Crippen molar-refractivity contribution in [3.8, 4) is 0 Å². The van der Waals surface area contributed by atoms with Gasteiger partial charge < -0.3 is 14.8 Å². The molecule has 0 fully saturated rings. The summed E-state index contributed by atoms with van der Waals surface area (Å²) in [4.78, 5) is 23.8. The summed E-state index contributed by atoms with van der Waals surface area (Å²) in [5.74, 6) is -2.73. The smallest absolute Gasteiger partial charge is 0.425 e. The van der Waals surface area contributed by atoms with Crippen LogP contribution in [-0.4, -0.2) is 29.6 Å². The van der Waals surface area contributed by atoms with E-state index in [2.05, 4.69) is 9.73 Å². The number of carbonyl (C=O) groups excluding carboxylic acids is 2. The lowest BCUT2D eigenvalue weighted by Crippen LogP contribution is -2.50. The van der Waals surface area contributed by atoms with Crippen molar-refractivity contribution >= 4 is 17.5 Å². The van der Waals surface area contributed by atoms with Crippen molar-refractivity contribution in [1.82, 2.24) is 10.9 Å². The Balaban J connectivity index is 1.92. The zero-order chi connectivity index (χ0) is 21.8. The molecule has 2 rings (SSSR count). The van der Waals surface area contributed by atoms with Crippen LogP contribution in [0.5, 0.6) is 0 Å². The molecule has 158 valence electrons. The lowest BCUT2D eigenvalue weighted by Gasteiger charge is -2.27. The molecular weight excluding hydrogens is 391 g/mol. The molecule has 1 aromatic heterocycles. The molecule has 0 saturated carbocycles. The number of alkyl halides is 3. The van der Waals surface area contributed by atoms with E-state index >= 15 is 0 Å². The number of carbonyl (C=O) groups is 2. The molecule has 0 saturated heterocycles. The Morgan fingerprint density at radius 2 is 1.66 bits per heavy atom. The summed E-state index contributed by atoms with van der Waals surface area (Å²) in [6.45, 7) is 5.47. The van der Waals surface area contributed by atoms with E-state index in [4.69, 9.17) is 0 Å². The summed E-state index contributed by atoms with van der Waals surface area (Å²) in [6.07, 6.45) is -5.59. The molecule has 0 aliphatic heterocycles. The van der Waals surface area contributed by atoms with Gasteiger partial charge in [0, 0.05) is 5.69 Å². The number of hydrogen-bond acceptors (Lipinski definition) is 5. The first-order chi connectivity index (χ1) is 13.4. The predicted octanol–water partition coefficient (Wildman–Crippen LogP) is 2.60. The van der Waals surface area contributed by atoms with Gasteiger partial charge in [-0.3, -0.25) is 20.4 Å². The van der Waals surface area contributed by atoms with Gasteiger partial charge >= 0.3 is 6.18 Å². The van der Waals surface area contributed by atoms with Crippen LogP contribution < -0.4 is 16.2 Å². The highest BCUT2D eigenvalue weighted by Gasteiger charge is 2.58. The minimum absolute atomic E-state index is 0.216. The molecule has 0 bridgehead atoms. The lowest BCUT2D eigenvalue weighted by atomic mass is 9.95. The molecule has 10 heteroatoms. The van der Waals surface area contributed by atoms with E-state index in [1.54, 1.807) is 0 Å². The van der Waals surface area contributed by atoms with Gasteiger partial charge in [0.05, 0.1) is 19.2 Å². The Kier molecular flexibility index (Phi) is 6.58. The van der Waals surface area contributed by atoms with Crippen molar-refractivity contribution in [1.29, 1.82) is 0 Å². The van der Waals surface area contributed by atoms with Gasteiger partial charge in [-0.1, -0.05) is 17.7 Å². The van der Waals surface area contributed by atoms with E-state index in [0.29, 0.717) is 0 Å². The van der Waals surface area contributed by atoms with E-state index in [1.807, 2.05) is 43.8 Å². The minimum atomic E-state index is -5.16. The Labute approximate surface area is 165 Å². The molecule has 0 spiro atoms. The quantitative estimate of drug-likeness (QED) is 0.545. The lowest BCUT2D eigenvalue weighted by molar-refractivity contribution is -0.273. The third kappa shape index (κ3) is 5.29. The van der Waals surface area contributed by atoms with Gasteiger partial charge in [-0.05, 0) is 44.0 Å². The second-order valence-corrected chi connectivity index (χ2v) is 6.74.